The van der Waals surface area contributed by atoms with Gasteiger partial charge in [-0.3, -0.25) is 4.90 Å². The summed E-state index contributed by atoms with van der Waals surface area (Å²) < 4.78 is 5.53. The Kier molecular flexibility index (Phi) is 5.49. The number of ether oxygens (including phenoxy) is 1. The Labute approximate surface area is 125 Å². The van der Waals surface area contributed by atoms with Crippen molar-refractivity contribution in [3.05, 3.63) is 0 Å². The molecule has 2 aliphatic rings. The van der Waals surface area contributed by atoms with Crippen molar-refractivity contribution in [1.82, 2.24) is 10.2 Å². The van der Waals surface area contributed by atoms with E-state index in [0.29, 0.717) is 11.1 Å². The molecule has 0 aromatic heterocycles. The van der Waals surface area contributed by atoms with Crippen LogP contribution >= 0.6 is 0 Å². The smallest absolute Gasteiger partial charge is 0.0478 e. The quantitative estimate of drug-likeness (QED) is 0.693. The molecule has 20 heavy (non-hydrogen) atoms. The van der Waals surface area contributed by atoms with E-state index in [9.17, 15) is 0 Å². The van der Waals surface area contributed by atoms with Gasteiger partial charge in [-0.05, 0) is 51.9 Å². The van der Waals surface area contributed by atoms with Crippen LogP contribution in [0.3, 0.4) is 0 Å². The van der Waals surface area contributed by atoms with Crippen LogP contribution in [0.15, 0.2) is 0 Å². The molecule has 1 saturated carbocycles. The Morgan fingerprint density at radius 3 is 2.45 bits per heavy atom. The van der Waals surface area contributed by atoms with Crippen LogP contribution in [0, 0.1) is 5.92 Å². The van der Waals surface area contributed by atoms with E-state index in [4.69, 9.17) is 4.74 Å². The van der Waals surface area contributed by atoms with Gasteiger partial charge in [0.2, 0.25) is 0 Å². The van der Waals surface area contributed by atoms with Gasteiger partial charge in [0, 0.05) is 43.9 Å². The SMILES string of the molecule is CCOCCCN1CC(CC)(CC)NCC1(C)C1CC1. The molecule has 0 aromatic rings. The monoisotopic (exact) mass is 282 g/mol. The Morgan fingerprint density at radius 2 is 1.90 bits per heavy atom. The minimum atomic E-state index is 0.333. The van der Waals surface area contributed by atoms with Crippen LogP contribution in [-0.2, 0) is 4.74 Å². The molecule has 1 unspecified atom stereocenters. The molecule has 3 nitrogen and oxygen atoms in total. The molecule has 1 atom stereocenters. The zero-order valence-corrected chi connectivity index (χ0v) is 14.0. The van der Waals surface area contributed by atoms with Gasteiger partial charge in [-0.1, -0.05) is 13.8 Å². The van der Waals surface area contributed by atoms with Crippen molar-refractivity contribution in [2.24, 2.45) is 5.92 Å². The van der Waals surface area contributed by atoms with Crippen LogP contribution < -0.4 is 5.32 Å². The molecule has 2 rings (SSSR count). The summed E-state index contributed by atoms with van der Waals surface area (Å²) in [4.78, 5) is 2.78. The predicted molar refractivity (Wildman–Crippen MR) is 85.1 cm³/mol. The molecule has 0 amide bonds. The molecular weight excluding hydrogens is 248 g/mol. The van der Waals surface area contributed by atoms with Crippen LogP contribution in [0.1, 0.15) is 59.8 Å². The third-order valence-corrected chi connectivity index (χ3v) is 5.77. The average Bonchev–Trinajstić information content (AvgIpc) is 3.31. The second-order valence-electron chi connectivity index (χ2n) is 6.94. The second kappa shape index (κ2) is 6.76. The molecule has 1 saturated heterocycles. The van der Waals surface area contributed by atoms with E-state index in [1.807, 2.05) is 0 Å². The number of hydrogen-bond acceptors (Lipinski definition) is 3. The third-order valence-electron chi connectivity index (χ3n) is 5.77. The van der Waals surface area contributed by atoms with Gasteiger partial charge in [0.05, 0.1) is 0 Å². The fourth-order valence-corrected chi connectivity index (χ4v) is 3.75. The summed E-state index contributed by atoms with van der Waals surface area (Å²) in [5.74, 6) is 0.911. The lowest BCUT2D eigenvalue weighted by Gasteiger charge is -2.54. The molecule has 3 heteroatoms. The highest BCUT2D eigenvalue weighted by Crippen LogP contribution is 2.45. The van der Waals surface area contributed by atoms with Gasteiger partial charge in [-0.25, -0.2) is 0 Å². The van der Waals surface area contributed by atoms with Crippen molar-refractivity contribution < 1.29 is 4.74 Å². The molecule has 0 radical (unpaired) electrons. The van der Waals surface area contributed by atoms with Gasteiger partial charge in [0.1, 0.15) is 0 Å². The number of hydrogen-bond donors (Lipinski definition) is 1. The standard InChI is InChI=1S/C17H34N2O/c1-5-17(6-2)14-19(11-8-12-20-7-3)16(4,13-18-17)15-9-10-15/h15,18H,5-14H2,1-4H3. The molecule has 0 spiro atoms. The van der Waals surface area contributed by atoms with E-state index in [2.05, 4.69) is 37.9 Å². The molecule has 2 fully saturated rings. The van der Waals surface area contributed by atoms with Gasteiger partial charge in [-0.15, -0.1) is 0 Å². The summed E-state index contributed by atoms with van der Waals surface area (Å²) in [6, 6.07) is 0. The first-order valence-corrected chi connectivity index (χ1v) is 8.68. The molecule has 1 N–H and O–H groups in total. The van der Waals surface area contributed by atoms with Crippen LogP contribution in [0.4, 0.5) is 0 Å². The maximum Gasteiger partial charge on any atom is 0.0478 e. The van der Waals surface area contributed by atoms with Crippen LogP contribution in [0.25, 0.3) is 0 Å². The molecule has 0 aromatic carbocycles. The Bertz CT molecular complexity index is 299. The lowest BCUT2D eigenvalue weighted by Crippen LogP contribution is -2.69. The fourth-order valence-electron chi connectivity index (χ4n) is 3.75. The van der Waals surface area contributed by atoms with Gasteiger partial charge in [0.15, 0.2) is 0 Å². The third kappa shape index (κ3) is 3.37. The largest absolute Gasteiger partial charge is 0.382 e. The highest BCUT2D eigenvalue weighted by atomic mass is 16.5. The summed E-state index contributed by atoms with van der Waals surface area (Å²) in [5.41, 5.74) is 0.708. The molecule has 1 aliphatic heterocycles. The van der Waals surface area contributed by atoms with E-state index in [1.165, 1.54) is 45.2 Å². The molecule has 0 bridgehead atoms. The highest BCUT2D eigenvalue weighted by Gasteiger charge is 2.50. The van der Waals surface area contributed by atoms with E-state index in [-0.39, 0.29) is 0 Å². The summed E-state index contributed by atoms with van der Waals surface area (Å²) in [6.07, 6.45) is 6.47. The molecule has 118 valence electrons. The summed E-state index contributed by atoms with van der Waals surface area (Å²) in [7, 11) is 0. The van der Waals surface area contributed by atoms with Crippen LogP contribution in [0.5, 0.6) is 0 Å². The minimum absolute atomic E-state index is 0.333. The average molecular weight is 282 g/mol. The first-order valence-electron chi connectivity index (χ1n) is 8.68. The zero-order valence-electron chi connectivity index (χ0n) is 14.0. The van der Waals surface area contributed by atoms with Crippen molar-refractivity contribution in [3.8, 4) is 0 Å². The normalized spacial score (nSPS) is 30.6. The Balaban J connectivity index is 1.99. The highest BCUT2D eigenvalue weighted by molar-refractivity contribution is 5.08. The van der Waals surface area contributed by atoms with E-state index in [0.717, 1.165) is 25.7 Å². The van der Waals surface area contributed by atoms with Crippen LogP contribution in [-0.4, -0.2) is 48.8 Å². The van der Waals surface area contributed by atoms with E-state index in [1.54, 1.807) is 0 Å². The van der Waals surface area contributed by atoms with Gasteiger partial charge < -0.3 is 10.1 Å². The number of nitrogens with one attached hydrogen (secondary N) is 1. The lowest BCUT2D eigenvalue weighted by molar-refractivity contribution is -0.00791. The number of nitrogens with zero attached hydrogens (tertiary/aromatic N) is 1. The minimum Gasteiger partial charge on any atom is -0.382 e. The first-order chi connectivity index (χ1) is 9.60. The van der Waals surface area contributed by atoms with Gasteiger partial charge >= 0.3 is 0 Å². The second-order valence-corrected chi connectivity index (χ2v) is 6.94. The predicted octanol–water partition coefficient (Wildman–Crippen LogP) is 3.05. The van der Waals surface area contributed by atoms with Crippen molar-refractivity contribution in [1.29, 1.82) is 0 Å². The van der Waals surface area contributed by atoms with Crippen LogP contribution in [0.2, 0.25) is 0 Å². The van der Waals surface area contributed by atoms with Crippen molar-refractivity contribution in [2.45, 2.75) is 70.9 Å². The van der Waals surface area contributed by atoms with Crippen molar-refractivity contribution >= 4 is 0 Å². The van der Waals surface area contributed by atoms with Crippen molar-refractivity contribution in [2.75, 3.05) is 32.8 Å². The first kappa shape index (κ1) is 16.3. The summed E-state index contributed by atoms with van der Waals surface area (Å²) in [5, 5.41) is 3.90. The fraction of sp³-hybridized carbons (Fsp3) is 1.00. The number of piperazine rings is 1. The molecular formula is C17H34N2O. The lowest BCUT2D eigenvalue weighted by atomic mass is 9.81. The summed E-state index contributed by atoms with van der Waals surface area (Å²) in [6.45, 7) is 14.5. The molecule has 1 heterocycles. The zero-order chi connectivity index (χ0) is 14.6. The molecule has 1 aliphatic carbocycles. The van der Waals surface area contributed by atoms with Gasteiger partial charge in [0.25, 0.3) is 0 Å². The number of rotatable bonds is 8. The van der Waals surface area contributed by atoms with Gasteiger partial charge in [-0.2, -0.15) is 0 Å². The van der Waals surface area contributed by atoms with Crippen molar-refractivity contribution in [3.63, 3.8) is 0 Å². The van der Waals surface area contributed by atoms with E-state index >= 15 is 0 Å². The topological polar surface area (TPSA) is 24.5 Å². The Hall–Kier alpha value is -0.120. The maximum atomic E-state index is 5.53. The Morgan fingerprint density at radius 1 is 1.20 bits per heavy atom. The maximum absolute atomic E-state index is 5.53. The van der Waals surface area contributed by atoms with E-state index < -0.39 is 0 Å². The summed E-state index contributed by atoms with van der Waals surface area (Å²) >= 11 is 0.